The zero-order chi connectivity index (χ0) is 19.9. The Kier molecular flexibility index (Phi) is 8.16. The molecule has 2 rings (SSSR count). The number of amides is 2. The molecule has 0 spiro atoms. The monoisotopic (exact) mass is 360 g/mol. The molecule has 0 aliphatic carbocycles. The normalized spacial score (nSPS) is 13.8. The lowest BCUT2D eigenvalue weighted by Gasteiger charge is -2.22. The molecule has 0 aromatic heterocycles. The summed E-state index contributed by atoms with van der Waals surface area (Å²) >= 11 is 0. The maximum absolute atomic E-state index is 12.7. The minimum atomic E-state index is -0.287. The Bertz CT molecular complexity index is 682. The van der Waals surface area contributed by atoms with Crippen molar-refractivity contribution < 1.29 is 19.2 Å². The average Bonchev–Trinajstić information content (AvgIpc) is 2.84. The number of aldehydes is 1. The van der Waals surface area contributed by atoms with Crippen LogP contribution in [0.4, 0.5) is 5.69 Å². The number of hydrogen-bond acceptors (Lipinski definition) is 5. The highest BCUT2D eigenvalue weighted by Gasteiger charge is 2.40. The first-order chi connectivity index (χ1) is 12.3. The van der Waals surface area contributed by atoms with E-state index in [2.05, 4.69) is 5.32 Å². The molecule has 2 amide bonds. The molecule has 142 valence electrons. The standard InChI is InChI=1S/C18H24N2O3.C2H4O/c1-5-13(21)10-9-12(4)20-17(22)14-7-6-8-15(19-11(2)3)16(14)18(20)23;1-2-3/h6-8,11-12,19H,5,9-10H2,1-4H3;2H,1H3. The number of nitrogens with zero attached hydrogens (tertiary/aromatic N) is 1. The summed E-state index contributed by atoms with van der Waals surface area (Å²) in [6, 6.07) is 5.16. The first-order valence-electron chi connectivity index (χ1n) is 8.97. The number of hydrogen-bond donors (Lipinski definition) is 1. The first kappa shape index (κ1) is 21.5. The van der Waals surface area contributed by atoms with Gasteiger partial charge in [-0.3, -0.25) is 19.3 Å². The molecule has 0 fully saturated rings. The summed E-state index contributed by atoms with van der Waals surface area (Å²) in [5, 5.41) is 3.22. The Morgan fingerprint density at radius 3 is 2.35 bits per heavy atom. The van der Waals surface area contributed by atoms with Gasteiger partial charge in [-0.15, -0.1) is 0 Å². The van der Waals surface area contributed by atoms with Crippen molar-refractivity contribution in [3.8, 4) is 0 Å². The molecule has 1 atom stereocenters. The van der Waals surface area contributed by atoms with Crippen molar-refractivity contribution >= 4 is 29.6 Å². The van der Waals surface area contributed by atoms with Crippen LogP contribution in [0.5, 0.6) is 0 Å². The number of nitrogens with one attached hydrogen (secondary N) is 1. The number of carbonyl (C=O) groups excluding carboxylic acids is 4. The second-order valence-electron chi connectivity index (χ2n) is 6.52. The van der Waals surface area contributed by atoms with E-state index in [-0.39, 0.29) is 29.7 Å². The van der Waals surface area contributed by atoms with Gasteiger partial charge in [0.1, 0.15) is 12.1 Å². The summed E-state index contributed by atoms with van der Waals surface area (Å²) in [6.07, 6.45) is 2.13. The molecule has 1 aliphatic heterocycles. The van der Waals surface area contributed by atoms with E-state index in [1.807, 2.05) is 33.8 Å². The lowest BCUT2D eigenvalue weighted by Crippen LogP contribution is -2.38. The van der Waals surface area contributed by atoms with Gasteiger partial charge in [0.05, 0.1) is 11.1 Å². The van der Waals surface area contributed by atoms with E-state index in [9.17, 15) is 14.4 Å². The van der Waals surface area contributed by atoms with E-state index in [1.54, 1.807) is 12.1 Å². The van der Waals surface area contributed by atoms with Gasteiger partial charge in [-0.2, -0.15) is 0 Å². The highest BCUT2D eigenvalue weighted by molar-refractivity contribution is 6.24. The van der Waals surface area contributed by atoms with Crippen LogP contribution in [0, 0.1) is 0 Å². The van der Waals surface area contributed by atoms with Crippen LogP contribution in [0.1, 0.15) is 74.6 Å². The van der Waals surface area contributed by atoms with Gasteiger partial charge in [-0.05, 0) is 46.2 Å². The number of imide groups is 1. The summed E-state index contributed by atoms with van der Waals surface area (Å²) in [5.74, 6) is -0.394. The predicted octanol–water partition coefficient (Wildman–Crippen LogP) is 3.46. The molecule has 0 radical (unpaired) electrons. The third-order valence-electron chi connectivity index (χ3n) is 4.07. The molecule has 1 N–H and O–H groups in total. The Morgan fingerprint density at radius 1 is 1.19 bits per heavy atom. The number of ketones is 1. The second kappa shape index (κ2) is 9.85. The number of carbonyl (C=O) groups is 4. The minimum absolute atomic E-state index is 0.149. The van der Waals surface area contributed by atoms with Gasteiger partial charge in [0.2, 0.25) is 0 Å². The number of rotatable bonds is 7. The van der Waals surface area contributed by atoms with Gasteiger partial charge in [-0.1, -0.05) is 13.0 Å². The Hall–Kier alpha value is -2.50. The third kappa shape index (κ3) is 5.00. The lowest BCUT2D eigenvalue weighted by molar-refractivity contribution is -0.119. The molecule has 0 saturated heterocycles. The van der Waals surface area contributed by atoms with Gasteiger partial charge in [-0.25, -0.2) is 0 Å². The van der Waals surface area contributed by atoms with Crippen LogP contribution in [0.3, 0.4) is 0 Å². The van der Waals surface area contributed by atoms with Crippen molar-refractivity contribution in [1.29, 1.82) is 0 Å². The fourth-order valence-electron chi connectivity index (χ4n) is 2.81. The number of anilines is 1. The summed E-state index contributed by atoms with van der Waals surface area (Å²) < 4.78 is 0. The van der Waals surface area contributed by atoms with Crippen molar-refractivity contribution in [1.82, 2.24) is 4.90 Å². The topological polar surface area (TPSA) is 83.6 Å². The van der Waals surface area contributed by atoms with E-state index in [0.717, 1.165) is 6.29 Å². The van der Waals surface area contributed by atoms with Crippen molar-refractivity contribution in [3.05, 3.63) is 29.3 Å². The molecular formula is C20H28N2O4. The SMILES string of the molecule is CC=O.CCC(=O)CCC(C)N1C(=O)c2cccc(NC(C)C)c2C1=O. The zero-order valence-electron chi connectivity index (χ0n) is 16.2. The molecule has 26 heavy (non-hydrogen) atoms. The summed E-state index contributed by atoms with van der Waals surface area (Å²) in [5.41, 5.74) is 1.57. The van der Waals surface area contributed by atoms with Crippen LogP contribution >= 0.6 is 0 Å². The van der Waals surface area contributed by atoms with Crippen molar-refractivity contribution in [2.24, 2.45) is 0 Å². The third-order valence-corrected chi connectivity index (χ3v) is 4.07. The van der Waals surface area contributed by atoms with E-state index in [1.165, 1.54) is 11.8 Å². The maximum Gasteiger partial charge on any atom is 0.263 e. The number of Topliss-reactive ketones (excluding diaryl/α,β-unsaturated/α-hetero) is 1. The zero-order valence-corrected chi connectivity index (χ0v) is 16.2. The van der Waals surface area contributed by atoms with Crippen LogP contribution in [0.2, 0.25) is 0 Å². The Morgan fingerprint density at radius 2 is 1.81 bits per heavy atom. The van der Waals surface area contributed by atoms with Gasteiger partial charge in [0.15, 0.2) is 0 Å². The highest BCUT2D eigenvalue weighted by atomic mass is 16.2. The van der Waals surface area contributed by atoms with Gasteiger partial charge in [0.25, 0.3) is 11.8 Å². The molecular weight excluding hydrogens is 332 g/mol. The van der Waals surface area contributed by atoms with Crippen LogP contribution in [-0.4, -0.2) is 40.9 Å². The van der Waals surface area contributed by atoms with Crippen LogP contribution in [0.15, 0.2) is 18.2 Å². The summed E-state index contributed by atoms with van der Waals surface area (Å²) in [4.78, 5) is 46.9. The van der Waals surface area contributed by atoms with Crippen molar-refractivity contribution in [3.63, 3.8) is 0 Å². The van der Waals surface area contributed by atoms with Crippen LogP contribution in [0.25, 0.3) is 0 Å². The predicted molar refractivity (Wildman–Crippen MR) is 101 cm³/mol. The first-order valence-corrected chi connectivity index (χ1v) is 8.97. The fourth-order valence-corrected chi connectivity index (χ4v) is 2.81. The molecule has 1 unspecified atom stereocenters. The van der Waals surface area contributed by atoms with Crippen LogP contribution < -0.4 is 5.32 Å². The quantitative estimate of drug-likeness (QED) is 0.595. The van der Waals surface area contributed by atoms with Gasteiger partial charge < -0.3 is 10.1 Å². The number of fused-ring (bicyclic) bond motifs is 1. The molecule has 6 heteroatoms. The maximum atomic E-state index is 12.7. The molecule has 6 nitrogen and oxygen atoms in total. The molecule has 1 heterocycles. The van der Waals surface area contributed by atoms with E-state index in [0.29, 0.717) is 36.1 Å². The summed E-state index contributed by atoms with van der Waals surface area (Å²) in [6.45, 7) is 9.05. The van der Waals surface area contributed by atoms with Gasteiger partial charge in [0, 0.05) is 30.6 Å². The van der Waals surface area contributed by atoms with Crippen molar-refractivity contribution in [2.75, 3.05) is 5.32 Å². The smallest absolute Gasteiger partial charge is 0.263 e. The summed E-state index contributed by atoms with van der Waals surface area (Å²) in [7, 11) is 0. The molecule has 1 aromatic carbocycles. The van der Waals surface area contributed by atoms with Crippen molar-refractivity contribution in [2.45, 2.75) is 66.0 Å². The van der Waals surface area contributed by atoms with Gasteiger partial charge >= 0.3 is 0 Å². The van der Waals surface area contributed by atoms with E-state index in [4.69, 9.17) is 4.79 Å². The van der Waals surface area contributed by atoms with E-state index < -0.39 is 0 Å². The number of benzene rings is 1. The molecule has 1 aliphatic rings. The second-order valence-corrected chi connectivity index (χ2v) is 6.52. The molecule has 0 saturated carbocycles. The Labute approximate surface area is 154 Å². The molecule has 0 bridgehead atoms. The average molecular weight is 360 g/mol. The fraction of sp³-hybridized carbons (Fsp3) is 0.500. The lowest BCUT2D eigenvalue weighted by atomic mass is 10.1. The minimum Gasteiger partial charge on any atom is -0.382 e. The Balaban J connectivity index is 0.00000105. The highest BCUT2D eigenvalue weighted by Crippen LogP contribution is 2.31. The molecule has 1 aromatic rings. The van der Waals surface area contributed by atoms with Crippen LogP contribution in [-0.2, 0) is 9.59 Å². The van der Waals surface area contributed by atoms with E-state index >= 15 is 0 Å². The largest absolute Gasteiger partial charge is 0.382 e.